The number of allylic oxidation sites excluding steroid dienone is 4. The molecule has 1 aromatic carbocycles. The van der Waals surface area contributed by atoms with Gasteiger partial charge in [-0.15, -0.1) is 0 Å². The standard InChI is InChI=1S/C18H25N/c1-14-10-12-16(13-11-14)15(2)18(3,19-4)17-8-6-5-7-9-17/h5-12,15-16,19H,13H2,1-4H3. The van der Waals surface area contributed by atoms with Crippen LogP contribution in [0.4, 0.5) is 0 Å². The molecule has 19 heavy (non-hydrogen) atoms. The van der Waals surface area contributed by atoms with E-state index in [0.29, 0.717) is 11.8 Å². The van der Waals surface area contributed by atoms with Crippen molar-refractivity contribution in [3.8, 4) is 0 Å². The van der Waals surface area contributed by atoms with E-state index in [0.717, 1.165) is 6.42 Å². The minimum absolute atomic E-state index is 0.00928. The Hall–Kier alpha value is -1.34. The third-order valence-corrected chi connectivity index (χ3v) is 4.76. The van der Waals surface area contributed by atoms with Crippen molar-refractivity contribution in [3.63, 3.8) is 0 Å². The van der Waals surface area contributed by atoms with Crippen LogP contribution in [-0.4, -0.2) is 7.05 Å². The Balaban J connectivity index is 2.24. The highest BCUT2D eigenvalue weighted by Gasteiger charge is 2.35. The second-order valence-corrected chi connectivity index (χ2v) is 5.81. The third kappa shape index (κ3) is 2.82. The Morgan fingerprint density at radius 1 is 1.26 bits per heavy atom. The Morgan fingerprint density at radius 3 is 2.47 bits per heavy atom. The lowest BCUT2D eigenvalue weighted by Gasteiger charge is -2.40. The molecule has 3 atom stereocenters. The van der Waals surface area contributed by atoms with Gasteiger partial charge in [0.1, 0.15) is 0 Å². The molecule has 3 unspecified atom stereocenters. The van der Waals surface area contributed by atoms with Crippen molar-refractivity contribution in [2.75, 3.05) is 7.05 Å². The van der Waals surface area contributed by atoms with Crippen LogP contribution in [0.25, 0.3) is 0 Å². The zero-order valence-electron chi connectivity index (χ0n) is 12.5. The summed E-state index contributed by atoms with van der Waals surface area (Å²) < 4.78 is 0. The highest BCUT2D eigenvalue weighted by molar-refractivity contribution is 5.27. The first kappa shape index (κ1) is 14.1. The van der Waals surface area contributed by atoms with E-state index >= 15 is 0 Å². The molecular formula is C18H25N. The third-order valence-electron chi connectivity index (χ3n) is 4.76. The SMILES string of the molecule is CNC(C)(c1ccccc1)C(C)C1C=CC(C)=CC1. The van der Waals surface area contributed by atoms with Crippen LogP contribution in [0.5, 0.6) is 0 Å². The number of rotatable bonds is 4. The largest absolute Gasteiger partial charge is 0.310 e. The Morgan fingerprint density at radius 2 is 1.95 bits per heavy atom. The Kier molecular flexibility index (Phi) is 4.26. The summed E-state index contributed by atoms with van der Waals surface area (Å²) in [5, 5.41) is 3.55. The highest BCUT2D eigenvalue weighted by atomic mass is 14.9. The molecule has 0 spiro atoms. The topological polar surface area (TPSA) is 12.0 Å². The van der Waals surface area contributed by atoms with Gasteiger partial charge >= 0.3 is 0 Å². The molecule has 1 aromatic rings. The Bertz CT molecular complexity index is 472. The lowest BCUT2D eigenvalue weighted by atomic mass is 9.71. The number of benzene rings is 1. The van der Waals surface area contributed by atoms with Crippen molar-refractivity contribution >= 4 is 0 Å². The fourth-order valence-electron chi connectivity index (χ4n) is 2.96. The first-order chi connectivity index (χ1) is 9.08. The smallest absolute Gasteiger partial charge is 0.0435 e. The minimum Gasteiger partial charge on any atom is -0.310 e. The molecule has 1 heteroatoms. The van der Waals surface area contributed by atoms with Gasteiger partial charge in [0, 0.05) is 5.54 Å². The van der Waals surface area contributed by atoms with Crippen LogP contribution in [0, 0.1) is 11.8 Å². The van der Waals surface area contributed by atoms with Crippen molar-refractivity contribution in [2.24, 2.45) is 11.8 Å². The van der Waals surface area contributed by atoms with E-state index < -0.39 is 0 Å². The van der Waals surface area contributed by atoms with E-state index in [9.17, 15) is 0 Å². The van der Waals surface area contributed by atoms with Crippen LogP contribution in [0.1, 0.15) is 32.8 Å². The van der Waals surface area contributed by atoms with Crippen molar-refractivity contribution in [2.45, 2.75) is 32.7 Å². The highest BCUT2D eigenvalue weighted by Crippen LogP contribution is 2.37. The summed E-state index contributed by atoms with van der Waals surface area (Å²) in [6, 6.07) is 10.8. The van der Waals surface area contributed by atoms with Gasteiger partial charge in [0.15, 0.2) is 0 Å². The van der Waals surface area contributed by atoms with Gasteiger partial charge in [-0.05, 0) is 44.7 Å². The number of hydrogen-bond acceptors (Lipinski definition) is 1. The van der Waals surface area contributed by atoms with E-state index in [4.69, 9.17) is 0 Å². The molecule has 1 N–H and O–H groups in total. The van der Waals surface area contributed by atoms with Crippen LogP contribution in [-0.2, 0) is 5.54 Å². The average molecular weight is 255 g/mol. The van der Waals surface area contributed by atoms with Crippen molar-refractivity contribution in [1.29, 1.82) is 0 Å². The fourth-order valence-corrected chi connectivity index (χ4v) is 2.96. The average Bonchev–Trinajstić information content (AvgIpc) is 2.47. The predicted molar refractivity (Wildman–Crippen MR) is 83.0 cm³/mol. The maximum absolute atomic E-state index is 3.55. The monoisotopic (exact) mass is 255 g/mol. The summed E-state index contributed by atoms with van der Waals surface area (Å²) in [4.78, 5) is 0. The van der Waals surface area contributed by atoms with Gasteiger partial charge in [0.2, 0.25) is 0 Å². The quantitative estimate of drug-likeness (QED) is 0.846. The second kappa shape index (κ2) is 5.75. The number of hydrogen-bond donors (Lipinski definition) is 1. The van der Waals surface area contributed by atoms with Crippen molar-refractivity contribution < 1.29 is 0 Å². The molecule has 0 aromatic heterocycles. The zero-order chi connectivity index (χ0) is 13.9. The maximum atomic E-state index is 3.55. The molecule has 0 amide bonds. The molecule has 0 fully saturated rings. The normalized spacial score (nSPS) is 23.6. The fraction of sp³-hybridized carbons (Fsp3) is 0.444. The molecule has 0 radical (unpaired) electrons. The van der Waals surface area contributed by atoms with E-state index in [1.165, 1.54) is 11.1 Å². The zero-order valence-corrected chi connectivity index (χ0v) is 12.5. The molecule has 1 aliphatic carbocycles. The first-order valence-corrected chi connectivity index (χ1v) is 7.17. The summed E-state index contributed by atoms with van der Waals surface area (Å²) in [7, 11) is 2.07. The van der Waals surface area contributed by atoms with Gasteiger partial charge in [0.05, 0.1) is 0 Å². The predicted octanol–water partition coefficient (Wildman–Crippen LogP) is 4.28. The Labute approximate surface area is 117 Å². The van der Waals surface area contributed by atoms with Crippen LogP contribution in [0.15, 0.2) is 54.1 Å². The van der Waals surface area contributed by atoms with Gasteiger partial charge in [0.25, 0.3) is 0 Å². The van der Waals surface area contributed by atoms with Gasteiger partial charge in [-0.25, -0.2) is 0 Å². The summed E-state index contributed by atoms with van der Waals surface area (Å²) in [5.41, 5.74) is 2.76. The van der Waals surface area contributed by atoms with E-state index in [2.05, 4.69) is 81.7 Å². The van der Waals surface area contributed by atoms with Gasteiger partial charge in [-0.1, -0.05) is 61.1 Å². The lowest BCUT2D eigenvalue weighted by Crippen LogP contribution is -2.45. The molecule has 0 aliphatic heterocycles. The maximum Gasteiger partial charge on any atom is 0.0435 e. The molecule has 0 heterocycles. The molecule has 2 rings (SSSR count). The molecule has 1 nitrogen and oxygen atoms in total. The molecule has 0 saturated heterocycles. The van der Waals surface area contributed by atoms with E-state index in [1.807, 2.05) is 0 Å². The van der Waals surface area contributed by atoms with Gasteiger partial charge in [-0.2, -0.15) is 0 Å². The lowest BCUT2D eigenvalue weighted by molar-refractivity contribution is 0.212. The summed E-state index contributed by atoms with van der Waals surface area (Å²) in [5.74, 6) is 1.14. The van der Waals surface area contributed by atoms with Crippen LogP contribution in [0.3, 0.4) is 0 Å². The molecule has 0 bridgehead atoms. The van der Waals surface area contributed by atoms with Crippen LogP contribution < -0.4 is 5.32 Å². The summed E-state index contributed by atoms with van der Waals surface area (Å²) in [6.45, 7) is 6.84. The van der Waals surface area contributed by atoms with E-state index in [-0.39, 0.29) is 5.54 Å². The first-order valence-electron chi connectivity index (χ1n) is 7.17. The second-order valence-electron chi connectivity index (χ2n) is 5.81. The van der Waals surface area contributed by atoms with Crippen LogP contribution >= 0.6 is 0 Å². The van der Waals surface area contributed by atoms with E-state index in [1.54, 1.807) is 0 Å². The van der Waals surface area contributed by atoms with Crippen LogP contribution in [0.2, 0.25) is 0 Å². The van der Waals surface area contributed by atoms with Crippen molar-refractivity contribution in [3.05, 3.63) is 59.7 Å². The summed E-state index contributed by atoms with van der Waals surface area (Å²) in [6.07, 6.45) is 8.13. The molecular weight excluding hydrogens is 230 g/mol. The summed E-state index contributed by atoms with van der Waals surface area (Å²) >= 11 is 0. The van der Waals surface area contributed by atoms with Gasteiger partial charge < -0.3 is 5.32 Å². The molecule has 102 valence electrons. The van der Waals surface area contributed by atoms with Crippen molar-refractivity contribution in [1.82, 2.24) is 5.32 Å². The minimum atomic E-state index is 0.00928. The van der Waals surface area contributed by atoms with Gasteiger partial charge in [-0.3, -0.25) is 0 Å². The number of nitrogens with one attached hydrogen (secondary N) is 1. The molecule has 0 saturated carbocycles. The molecule has 1 aliphatic rings.